The molecule has 10 N–H and O–H groups in total. The Kier molecular flexibility index (Phi) is 4.68. The number of ether oxygens (including phenoxy) is 3. The summed E-state index contributed by atoms with van der Waals surface area (Å²) >= 11 is 0. The van der Waals surface area contributed by atoms with Crippen LogP contribution in [0.2, 0.25) is 0 Å². The predicted molar refractivity (Wildman–Crippen MR) is 74.6 cm³/mol. The zero-order valence-corrected chi connectivity index (χ0v) is 13.2. The van der Waals surface area contributed by atoms with Gasteiger partial charge in [0.15, 0.2) is 30.0 Å². The molecule has 3 aliphatic rings. The van der Waals surface area contributed by atoms with E-state index in [1.807, 2.05) is 0 Å². The van der Waals surface area contributed by atoms with Crippen LogP contribution in [-0.4, -0.2) is 120 Å². The summed E-state index contributed by atoms with van der Waals surface area (Å²) in [5.74, 6) is -1.18. The van der Waals surface area contributed by atoms with Gasteiger partial charge in [-0.1, -0.05) is 0 Å². The second-order valence-corrected chi connectivity index (χ2v) is 6.61. The molecule has 2 heterocycles. The van der Waals surface area contributed by atoms with Crippen LogP contribution >= 0.6 is 0 Å². The van der Waals surface area contributed by atoms with Crippen molar-refractivity contribution in [3.8, 4) is 0 Å². The number of ketones is 1. The number of carbonyl (C=O) groups excluding carboxylic acids is 1. The summed E-state index contributed by atoms with van der Waals surface area (Å²) in [6, 6.07) is 0. The Morgan fingerprint density at radius 1 is 1.12 bits per heavy atom. The molecule has 2 saturated heterocycles. The van der Waals surface area contributed by atoms with Crippen molar-refractivity contribution in [1.29, 1.82) is 0 Å². The lowest BCUT2D eigenvalue weighted by Crippen LogP contribution is -2.73. The van der Waals surface area contributed by atoms with Crippen LogP contribution in [0.5, 0.6) is 0 Å². The van der Waals surface area contributed by atoms with Crippen molar-refractivity contribution in [3.05, 3.63) is 0 Å². The van der Waals surface area contributed by atoms with Gasteiger partial charge in [-0.25, -0.2) is 0 Å². The third-order valence-electron chi connectivity index (χ3n) is 5.18. The summed E-state index contributed by atoms with van der Waals surface area (Å²) in [6.07, 6.45) is -12.7. The molecule has 26 heavy (non-hydrogen) atoms. The third kappa shape index (κ3) is 2.25. The van der Waals surface area contributed by atoms with E-state index >= 15 is 0 Å². The molecule has 13 nitrogen and oxygen atoms in total. The number of hydrogen-bond donors (Lipinski definition) is 9. The van der Waals surface area contributed by atoms with Crippen LogP contribution in [0.15, 0.2) is 0 Å². The van der Waals surface area contributed by atoms with Gasteiger partial charge in [0.05, 0.1) is 13.2 Å². The molecule has 0 unspecified atom stereocenters. The Balaban J connectivity index is 1.86. The fourth-order valence-corrected chi connectivity index (χ4v) is 3.44. The maximum Gasteiger partial charge on any atom is 0.210 e. The molecule has 0 aromatic carbocycles. The summed E-state index contributed by atoms with van der Waals surface area (Å²) in [6.45, 7) is -1.88. The van der Waals surface area contributed by atoms with Gasteiger partial charge in [0.1, 0.15) is 24.4 Å². The molecule has 1 saturated carbocycles. The van der Waals surface area contributed by atoms with Crippen LogP contribution in [0.25, 0.3) is 0 Å². The number of nitrogens with two attached hydrogens (primary N) is 1. The predicted octanol–water partition coefficient (Wildman–Crippen LogP) is -6.79. The lowest BCUT2D eigenvalue weighted by molar-refractivity contribution is -0.370. The van der Waals surface area contributed by atoms with Gasteiger partial charge in [0.25, 0.3) is 0 Å². The maximum absolute atomic E-state index is 11.9. The number of aliphatic hydroxyl groups excluding tert-OH is 6. The Labute approximate surface area is 145 Å². The Bertz CT molecular complexity index is 585. The third-order valence-corrected chi connectivity index (χ3v) is 5.18. The van der Waals surface area contributed by atoms with E-state index < -0.39 is 79.0 Å². The second-order valence-electron chi connectivity index (χ2n) is 6.61. The summed E-state index contributed by atoms with van der Waals surface area (Å²) < 4.78 is 15.2. The summed E-state index contributed by atoms with van der Waals surface area (Å²) in [5.41, 5.74) is -2.63. The molecule has 2 aliphatic heterocycles. The Morgan fingerprint density at radius 2 is 1.73 bits per heavy atom. The van der Waals surface area contributed by atoms with Gasteiger partial charge in [-0.05, 0) is 0 Å². The number of aliphatic hydroxyl groups is 8. The monoisotopic (exact) mass is 383 g/mol. The average Bonchev–Trinajstić information content (AvgIpc) is 3.10. The van der Waals surface area contributed by atoms with Crippen LogP contribution in [0.4, 0.5) is 0 Å². The van der Waals surface area contributed by atoms with Crippen LogP contribution in [0.3, 0.4) is 0 Å². The van der Waals surface area contributed by atoms with Gasteiger partial charge in [-0.15, -0.1) is 0 Å². The molecule has 0 aromatic heterocycles. The molecule has 0 bridgehead atoms. The van der Waals surface area contributed by atoms with E-state index in [-0.39, 0.29) is 0 Å². The van der Waals surface area contributed by atoms with Crippen molar-refractivity contribution in [1.82, 2.24) is 0 Å². The molecule has 3 fully saturated rings. The Morgan fingerprint density at radius 3 is 2.27 bits per heavy atom. The molecule has 10 atom stereocenters. The summed E-state index contributed by atoms with van der Waals surface area (Å²) in [4.78, 5) is 11.9. The summed E-state index contributed by atoms with van der Waals surface area (Å²) in [5, 5.41) is 78.4. The second kappa shape index (κ2) is 6.10. The maximum atomic E-state index is 11.9. The van der Waals surface area contributed by atoms with Crippen molar-refractivity contribution in [2.75, 3.05) is 13.2 Å². The molecular weight excluding hydrogens is 362 g/mol. The van der Waals surface area contributed by atoms with E-state index in [9.17, 15) is 45.6 Å². The van der Waals surface area contributed by atoms with E-state index in [1.165, 1.54) is 0 Å². The van der Waals surface area contributed by atoms with E-state index in [1.54, 1.807) is 0 Å². The molecule has 13 heteroatoms. The molecule has 0 radical (unpaired) electrons. The van der Waals surface area contributed by atoms with Crippen molar-refractivity contribution >= 4 is 5.78 Å². The van der Waals surface area contributed by atoms with Crippen LogP contribution < -0.4 is 5.73 Å². The van der Waals surface area contributed by atoms with Gasteiger partial charge < -0.3 is 55.1 Å². The zero-order valence-electron chi connectivity index (χ0n) is 13.2. The van der Waals surface area contributed by atoms with Gasteiger partial charge in [-0.3, -0.25) is 10.5 Å². The Hall–Kier alpha value is -0.810. The highest BCUT2D eigenvalue weighted by molar-refractivity contribution is 6.16. The van der Waals surface area contributed by atoms with Gasteiger partial charge in [-0.2, -0.15) is 0 Å². The lowest BCUT2D eigenvalue weighted by Gasteiger charge is -2.46. The largest absolute Gasteiger partial charge is 0.394 e. The summed E-state index contributed by atoms with van der Waals surface area (Å²) in [7, 11) is 0. The first-order chi connectivity index (χ1) is 12.0. The molecule has 0 aromatic rings. The number of carbonyl (C=O) groups is 1. The van der Waals surface area contributed by atoms with E-state index in [0.717, 1.165) is 0 Å². The SMILES string of the molecule is N[C@]1(O)[C@@H](O)[C@@H](O[C@H]2[C@H](O)[C@@H](O)[C@H](O)O[C@@H]2CO)O[C@@]2(CO)C(=O)[C@@]21O. The van der Waals surface area contributed by atoms with Crippen molar-refractivity contribution < 1.29 is 59.9 Å². The van der Waals surface area contributed by atoms with Gasteiger partial charge in [0, 0.05) is 0 Å². The smallest absolute Gasteiger partial charge is 0.210 e. The minimum absolute atomic E-state index is 0.783. The zero-order chi connectivity index (χ0) is 19.7. The first-order valence-corrected chi connectivity index (χ1v) is 7.71. The highest BCUT2D eigenvalue weighted by atomic mass is 16.7. The number of rotatable bonds is 4. The van der Waals surface area contributed by atoms with Crippen molar-refractivity contribution in [3.63, 3.8) is 0 Å². The van der Waals surface area contributed by atoms with E-state index in [0.29, 0.717) is 0 Å². The first-order valence-electron chi connectivity index (χ1n) is 7.71. The van der Waals surface area contributed by atoms with E-state index in [2.05, 4.69) is 0 Å². The topological polar surface area (TPSA) is 233 Å². The minimum atomic E-state index is -2.97. The van der Waals surface area contributed by atoms with Gasteiger partial charge in [0.2, 0.25) is 11.4 Å². The highest BCUT2D eigenvalue weighted by Gasteiger charge is 2.91. The number of hydrogen-bond acceptors (Lipinski definition) is 13. The van der Waals surface area contributed by atoms with Crippen LogP contribution in [0, 0.1) is 0 Å². The minimum Gasteiger partial charge on any atom is -0.394 e. The molecular formula is C13H21NO12. The standard InChI is InChI=1S/C13H21NO12/c14-13(23)7(19)9(26-11(2-16)10(21)12(11,13)22)25-6-3(1-15)24-8(20)5(18)4(6)17/h3-9,15-20,22-23H,1-2,14H2/t3-,4-,5-,6-,7+,8-,9+,11+,12-,13+/m1/s1. The van der Waals surface area contributed by atoms with Crippen molar-refractivity contribution in [2.24, 2.45) is 5.73 Å². The van der Waals surface area contributed by atoms with Gasteiger partial charge >= 0.3 is 0 Å². The quantitative estimate of drug-likeness (QED) is 0.206. The first kappa shape index (κ1) is 19.9. The lowest BCUT2D eigenvalue weighted by atomic mass is 9.91. The number of fused-ring (bicyclic) bond motifs is 1. The van der Waals surface area contributed by atoms with Crippen LogP contribution in [-0.2, 0) is 19.0 Å². The molecule has 0 spiro atoms. The highest BCUT2D eigenvalue weighted by Crippen LogP contribution is 2.57. The van der Waals surface area contributed by atoms with Crippen LogP contribution in [0.1, 0.15) is 0 Å². The van der Waals surface area contributed by atoms with E-state index in [4.69, 9.17) is 19.9 Å². The molecule has 1 aliphatic carbocycles. The molecule has 0 amide bonds. The molecule has 3 rings (SSSR count). The average molecular weight is 383 g/mol. The number of Topliss-reactive ketones (excluding diaryl/α,β-unsaturated/α-hetero) is 1. The molecule has 150 valence electrons. The van der Waals surface area contributed by atoms with Crippen molar-refractivity contribution in [2.45, 2.75) is 60.0 Å². The normalized spacial score (nSPS) is 57.0. The fourth-order valence-electron chi connectivity index (χ4n) is 3.44. The fraction of sp³-hybridized carbons (Fsp3) is 0.923.